The summed E-state index contributed by atoms with van der Waals surface area (Å²) in [6, 6.07) is 8.40. The van der Waals surface area contributed by atoms with E-state index in [1.54, 1.807) is 0 Å². The summed E-state index contributed by atoms with van der Waals surface area (Å²) in [4.78, 5) is 3.31. The van der Waals surface area contributed by atoms with Crippen LogP contribution in [-0.4, -0.2) is 4.98 Å². The topological polar surface area (TPSA) is 41.8 Å². The number of rotatable bonds is 2. The number of aromatic amines is 1. The number of nitrogens with one attached hydrogen (secondary N) is 1. The van der Waals surface area contributed by atoms with Crippen molar-refractivity contribution in [3.8, 4) is 0 Å². The van der Waals surface area contributed by atoms with Gasteiger partial charge in [-0.2, -0.15) is 0 Å². The first-order chi connectivity index (χ1) is 7.63. The van der Waals surface area contributed by atoms with Gasteiger partial charge in [-0.1, -0.05) is 32.0 Å². The first-order valence-electron chi connectivity index (χ1n) is 5.98. The molecule has 0 aliphatic heterocycles. The monoisotopic (exact) mass is 214 g/mol. The van der Waals surface area contributed by atoms with Crippen LogP contribution in [0.25, 0.3) is 10.9 Å². The fraction of sp³-hybridized carbons (Fsp3) is 0.429. The highest BCUT2D eigenvalue weighted by atomic mass is 14.9. The summed E-state index contributed by atoms with van der Waals surface area (Å²) in [5.74, 6) is 1.30. The number of para-hydroxylation sites is 1. The van der Waals surface area contributed by atoms with Gasteiger partial charge >= 0.3 is 0 Å². The molecular weight excluding hydrogens is 196 g/mol. The van der Waals surface area contributed by atoms with Gasteiger partial charge in [-0.15, -0.1) is 0 Å². The van der Waals surface area contributed by atoms with Crippen LogP contribution in [0.15, 0.2) is 30.5 Å². The molecule has 2 nitrogen and oxygen atoms in total. The van der Waals surface area contributed by atoms with Crippen LogP contribution in [-0.2, 0) is 5.54 Å². The zero-order valence-corrected chi connectivity index (χ0v) is 9.83. The molecule has 1 aromatic heterocycles. The Balaban J connectivity index is 2.08. The lowest BCUT2D eigenvalue weighted by atomic mass is 9.97. The molecule has 0 amide bonds. The molecule has 0 spiro atoms. The van der Waals surface area contributed by atoms with Crippen molar-refractivity contribution < 1.29 is 0 Å². The van der Waals surface area contributed by atoms with Crippen LogP contribution in [0, 0.1) is 11.8 Å². The van der Waals surface area contributed by atoms with Crippen molar-refractivity contribution >= 4 is 10.9 Å². The number of H-pyrrole nitrogens is 1. The fourth-order valence-electron chi connectivity index (χ4n) is 2.90. The molecule has 1 aliphatic rings. The second kappa shape index (κ2) is 3.11. The van der Waals surface area contributed by atoms with Crippen molar-refractivity contribution in [1.29, 1.82) is 0 Å². The number of fused-ring (bicyclic) bond motifs is 1. The first-order valence-corrected chi connectivity index (χ1v) is 5.98. The van der Waals surface area contributed by atoms with Crippen LogP contribution in [0.3, 0.4) is 0 Å². The van der Waals surface area contributed by atoms with E-state index >= 15 is 0 Å². The van der Waals surface area contributed by atoms with Gasteiger partial charge in [0.1, 0.15) is 0 Å². The Morgan fingerprint density at radius 3 is 2.81 bits per heavy atom. The van der Waals surface area contributed by atoms with Crippen molar-refractivity contribution in [2.24, 2.45) is 17.6 Å². The molecule has 1 saturated carbocycles. The molecule has 16 heavy (non-hydrogen) atoms. The van der Waals surface area contributed by atoms with Gasteiger partial charge in [0, 0.05) is 22.6 Å². The summed E-state index contributed by atoms with van der Waals surface area (Å²) in [5, 5.41) is 1.29. The molecule has 1 aliphatic carbocycles. The van der Waals surface area contributed by atoms with Gasteiger partial charge in [0.2, 0.25) is 0 Å². The van der Waals surface area contributed by atoms with E-state index in [1.807, 2.05) is 0 Å². The van der Waals surface area contributed by atoms with E-state index < -0.39 is 0 Å². The molecule has 1 fully saturated rings. The highest BCUT2D eigenvalue weighted by Crippen LogP contribution is 2.55. The van der Waals surface area contributed by atoms with Gasteiger partial charge < -0.3 is 10.7 Å². The standard InChI is InChI=1S/C14H18N2/c1-9(2)11-7-14(11,15)12-8-16-13-6-4-3-5-10(12)13/h3-6,8-9,11,16H,7,15H2,1-2H3. The van der Waals surface area contributed by atoms with Gasteiger partial charge in [0.05, 0.1) is 0 Å². The minimum Gasteiger partial charge on any atom is -0.361 e. The second-order valence-corrected chi connectivity index (χ2v) is 5.34. The molecule has 1 aromatic carbocycles. The summed E-state index contributed by atoms with van der Waals surface area (Å²) in [7, 11) is 0. The Labute approximate surface area is 95.8 Å². The number of aromatic nitrogens is 1. The number of nitrogens with two attached hydrogens (primary N) is 1. The molecule has 0 saturated heterocycles. The molecular formula is C14H18N2. The van der Waals surface area contributed by atoms with Crippen molar-refractivity contribution in [2.75, 3.05) is 0 Å². The van der Waals surface area contributed by atoms with Crippen molar-refractivity contribution in [3.63, 3.8) is 0 Å². The Bertz CT molecular complexity index is 526. The van der Waals surface area contributed by atoms with E-state index in [0.717, 1.165) is 6.42 Å². The molecule has 2 heteroatoms. The normalized spacial score (nSPS) is 28.9. The van der Waals surface area contributed by atoms with Crippen LogP contribution in [0.1, 0.15) is 25.8 Å². The van der Waals surface area contributed by atoms with E-state index in [-0.39, 0.29) is 5.54 Å². The summed E-state index contributed by atoms with van der Waals surface area (Å²) in [5.41, 5.74) is 8.90. The van der Waals surface area contributed by atoms with Gasteiger partial charge in [-0.3, -0.25) is 0 Å². The maximum absolute atomic E-state index is 6.50. The molecule has 2 unspecified atom stereocenters. The summed E-state index contributed by atoms with van der Waals surface area (Å²) >= 11 is 0. The lowest BCUT2D eigenvalue weighted by molar-refractivity contribution is 0.490. The Morgan fingerprint density at radius 2 is 2.12 bits per heavy atom. The van der Waals surface area contributed by atoms with Crippen LogP contribution in [0.5, 0.6) is 0 Å². The lowest BCUT2D eigenvalue weighted by Crippen LogP contribution is -2.23. The van der Waals surface area contributed by atoms with Gasteiger partial charge in [-0.05, 0) is 29.9 Å². The third-order valence-corrected chi connectivity index (χ3v) is 3.95. The number of hydrogen-bond donors (Lipinski definition) is 2. The summed E-state index contributed by atoms with van der Waals surface area (Å²) in [6.07, 6.45) is 3.21. The average Bonchev–Trinajstić information content (AvgIpc) is 2.78. The fourth-order valence-corrected chi connectivity index (χ4v) is 2.90. The van der Waals surface area contributed by atoms with Gasteiger partial charge in [-0.25, -0.2) is 0 Å². The molecule has 2 aromatic rings. The van der Waals surface area contributed by atoms with E-state index in [0.29, 0.717) is 11.8 Å². The van der Waals surface area contributed by atoms with Crippen LogP contribution in [0.2, 0.25) is 0 Å². The molecule has 2 atom stereocenters. The zero-order chi connectivity index (χ0) is 11.3. The number of benzene rings is 1. The van der Waals surface area contributed by atoms with Crippen LogP contribution < -0.4 is 5.73 Å². The highest BCUT2D eigenvalue weighted by Gasteiger charge is 2.54. The Kier molecular flexibility index (Phi) is 1.93. The predicted octanol–water partition coefficient (Wildman–Crippen LogP) is 3.00. The largest absolute Gasteiger partial charge is 0.361 e. The Hall–Kier alpha value is -1.28. The predicted molar refractivity (Wildman–Crippen MR) is 67.1 cm³/mol. The minimum absolute atomic E-state index is 0.0895. The maximum Gasteiger partial charge on any atom is 0.0466 e. The molecule has 0 bridgehead atoms. The van der Waals surface area contributed by atoms with Crippen LogP contribution >= 0.6 is 0 Å². The minimum atomic E-state index is -0.0895. The molecule has 84 valence electrons. The zero-order valence-electron chi connectivity index (χ0n) is 9.83. The smallest absolute Gasteiger partial charge is 0.0466 e. The highest BCUT2D eigenvalue weighted by molar-refractivity contribution is 5.84. The van der Waals surface area contributed by atoms with Crippen LogP contribution in [0.4, 0.5) is 0 Å². The third kappa shape index (κ3) is 1.23. The molecule has 0 radical (unpaired) electrons. The average molecular weight is 214 g/mol. The van der Waals surface area contributed by atoms with Crippen molar-refractivity contribution in [3.05, 3.63) is 36.0 Å². The molecule has 3 rings (SSSR count). The molecule has 1 heterocycles. The summed E-state index contributed by atoms with van der Waals surface area (Å²) < 4.78 is 0. The first kappa shape index (κ1) is 9.91. The van der Waals surface area contributed by atoms with Gasteiger partial charge in [0.15, 0.2) is 0 Å². The van der Waals surface area contributed by atoms with E-state index in [4.69, 9.17) is 5.73 Å². The van der Waals surface area contributed by atoms with Gasteiger partial charge in [0.25, 0.3) is 0 Å². The van der Waals surface area contributed by atoms with E-state index in [1.165, 1.54) is 16.5 Å². The van der Waals surface area contributed by atoms with Crippen molar-refractivity contribution in [2.45, 2.75) is 25.8 Å². The van der Waals surface area contributed by atoms with Crippen molar-refractivity contribution in [1.82, 2.24) is 4.98 Å². The summed E-state index contributed by atoms with van der Waals surface area (Å²) in [6.45, 7) is 4.52. The lowest BCUT2D eigenvalue weighted by Gasteiger charge is -2.12. The second-order valence-electron chi connectivity index (χ2n) is 5.34. The Morgan fingerprint density at radius 1 is 1.38 bits per heavy atom. The quantitative estimate of drug-likeness (QED) is 0.792. The van der Waals surface area contributed by atoms with E-state index in [9.17, 15) is 0 Å². The molecule has 3 N–H and O–H groups in total. The SMILES string of the molecule is CC(C)C1CC1(N)c1c[nH]c2ccccc12. The van der Waals surface area contributed by atoms with E-state index in [2.05, 4.69) is 49.3 Å². The number of hydrogen-bond acceptors (Lipinski definition) is 1. The third-order valence-electron chi connectivity index (χ3n) is 3.95. The maximum atomic E-state index is 6.50.